The predicted octanol–water partition coefficient (Wildman–Crippen LogP) is 3.52. The summed E-state index contributed by atoms with van der Waals surface area (Å²) < 4.78 is 5.81. The molecule has 1 rings (SSSR count). The Hall–Kier alpha value is -0.380. The molecule has 3 heteroatoms. The standard InChI is InChI=1S/C13H23NOS/c1-5-11(15-7-3)13(14-6-2)12-9-8-10(4)16-12/h8-9,11,13-14H,5-7H2,1-4H3. The highest BCUT2D eigenvalue weighted by molar-refractivity contribution is 7.12. The van der Waals surface area contributed by atoms with Gasteiger partial charge in [-0.25, -0.2) is 0 Å². The van der Waals surface area contributed by atoms with Crippen LogP contribution in [0.4, 0.5) is 0 Å². The predicted molar refractivity (Wildman–Crippen MR) is 71.2 cm³/mol. The molecule has 0 amide bonds. The molecule has 0 spiro atoms. The van der Waals surface area contributed by atoms with Crippen molar-refractivity contribution in [2.24, 2.45) is 0 Å². The second-order valence-electron chi connectivity index (χ2n) is 3.89. The first-order valence-electron chi connectivity index (χ1n) is 6.14. The molecular formula is C13H23NOS. The van der Waals surface area contributed by atoms with Gasteiger partial charge in [-0.1, -0.05) is 13.8 Å². The lowest BCUT2D eigenvalue weighted by atomic mass is 10.1. The molecule has 1 N–H and O–H groups in total. The number of hydrogen-bond donors (Lipinski definition) is 1. The zero-order chi connectivity index (χ0) is 12.0. The van der Waals surface area contributed by atoms with Crippen molar-refractivity contribution < 1.29 is 4.74 Å². The minimum atomic E-state index is 0.281. The molecule has 0 aliphatic carbocycles. The molecule has 0 aromatic carbocycles. The number of nitrogens with one attached hydrogen (secondary N) is 1. The largest absolute Gasteiger partial charge is 0.377 e. The van der Waals surface area contributed by atoms with Crippen molar-refractivity contribution in [2.75, 3.05) is 13.2 Å². The molecule has 2 nitrogen and oxygen atoms in total. The van der Waals surface area contributed by atoms with Crippen LogP contribution >= 0.6 is 11.3 Å². The van der Waals surface area contributed by atoms with Crippen LogP contribution in [-0.4, -0.2) is 19.3 Å². The van der Waals surface area contributed by atoms with Gasteiger partial charge in [0.1, 0.15) is 0 Å². The van der Waals surface area contributed by atoms with E-state index < -0.39 is 0 Å². The summed E-state index contributed by atoms with van der Waals surface area (Å²) in [7, 11) is 0. The smallest absolute Gasteiger partial charge is 0.0774 e. The van der Waals surface area contributed by atoms with Gasteiger partial charge in [0.25, 0.3) is 0 Å². The van der Waals surface area contributed by atoms with Gasteiger partial charge in [-0.15, -0.1) is 11.3 Å². The van der Waals surface area contributed by atoms with Gasteiger partial charge in [0, 0.05) is 16.4 Å². The molecule has 1 heterocycles. The van der Waals surface area contributed by atoms with Gasteiger partial charge < -0.3 is 10.1 Å². The lowest BCUT2D eigenvalue weighted by Gasteiger charge is -2.26. The molecule has 0 aliphatic heterocycles. The monoisotopic (exact) mass is 241 g/mol. The Morgan fingerprint density at radius 1 is 1.31 bits per heavy atom. The topological polar surface area (TPSA) is 21.3 Å². The molecule has 92 valence electrons. The van der Waals surface area contributed by atoms with Gasteiger partial charge in [0.2, 0.25) is 0 Å². The average molecular weight is 241 g/mol. The van der Waals surface area contributed by atoms with E-state index >= 15 is 0 Å². The Labute approximate surface area is 103 Å². The van der Waals surface area contributed by atoms with E-state index in [2.05, 4.69) is 45.1 Å². The molecule has 2 atom stereocenters. The molecule has 1 aromatic rings. The maximum atomic E-state index is 5.81. The fourth-order valence-electron chi connectivity index (χ4n) is 1.92. The van der Waals surface area contributed by atoms with Crippen molar-refractivity contribution in [1.82, 2.24) is 5.32 Å². The van der Waals surface area contributed by atoms with Crippen LogP contribution in [0.5, 0.6) is 0 Å². The first-order chi connectivity index (χ1) is 7.72. The zero-order valence-electron chi connectivity index (χ0n) is 10.7. The number of hydrogen-bond acceptors (Lipinski definition) is 3. The number of rotatable bonds is 7. The van der Waals surface area contributed by atoms with Crippen LogP contribution < -0.4 is 5.32 Å². The third-order valence-corrected chi connectivity index (χ3v) is 3.73. The molecule has 16 heavy (non-hydrogen) atoms. The van der Waals surface area contributed by atoms with Gasteiger partial charge in [0.15, 0.2) is 0 Å². The van der Waals surface area contributed by atoms with Crippen molar-refractivity contribution in [3.63, 3.8) is 0 Å². The van der Waals surface area contributed by atoms with E-state index in [4.69, 9.17) is 4.74 Å². The van der Waals surface area contributed by atoms with Crippen LogP contribution in [0.3, 0.4) is 0 Å². The Morgan fingerprint density at radius 3 is 2.50 bits per heavy atom. The first-order valence-corrected chi connectivity index (χ1v) is 6.95. The second kappa shape index (κ2) is 7.05. The molecule has 0 bridgehead atoms. The molecule has 0 fully saturated rings. The van der Waals surface area contributed by atoms with E-state index in [0.717, 1.165) is 19.6 Å². The highest BCUT2D eigenvalue weighted by Crippen LogP contribution is 2.27. The normalized spacial score (nSPS) is 15.0. The SMILES string of the molecule is CCNC(c1ccc(C)s1)C(CC)OCC. The van der Waals surface area contributed by atoms with Crippen molar-refractivity contribution in [1.29, 1.82) is 0 Å². The Kier molecular flexibility index (Phi) is 6.03. The van der Waals surface area contributed by atoms with Crippen LogP contribution in [0.2, 0.25) is 0 Å². The van der Waals surface area contributed by atoms with E-state index in [1.54, 1.807) is 0 Å². The minimum absolute atomic E-state index is 0.281. The van der Waals surface area contributed by atoms with Gasteiger partial charge in [0.05, 0.1) is 12.1 Å². The van der Waals surface area contributed by atoms with Crippen LogP contribution in [0.1, 0.15) is 43.0 Å². The fraction of sp³-hybridized carbons (Fsp3) is 0.692. The Bertz CT molecular complexity index is 298. The van der Waals surface area contributed by atoms with Crippen LogP contribution in [0.15, 0.2) is 12.1 Å². The second-order valence-corrected chi connectivity index (χ2v) is 5.21. The third-order valence-electron chi connectivity index (χ3n) is 2.65. The van der Waals surface area contributed by atoms with E-state index in [-0.39, 0.29) is 6.10 Å². The highest BCUT2D eigenvalue weighted by atomic mass is 32.1. The van der Waals surface area contributed by atoms with E-state index in [1.165, 1.54) is 9.75 Å². The summed E-state index contributed by atoms with van der Waals surface area (Å²) in [6.45, 7) is 10.3. The highest BCUT2D eigenvalue weighted by Gasteiger charge is 2.22. The molecule has 2 unspecified atom stereocenters. The summed E-state index contributed by atoms with van der Waals surface area (Å²) in [5, 5.41) is 3.53. The average Bonchev–Trinajstić information content (AvgIpc) is 2.70. The van der Waals surface area contributed by atoms with Crippen LogP contribution in [0.25, 0.3) is 0 Å². The summed E-state index contributed by atoms with van der Waals surface area (Å²) in [5.74, 6) is 0. The Morgan fingerprint density at radius 2 is 2.06 bits per heavy atom. The maximum absolute atomic E-state index is 5.81. The van der Waals surface area contributed by atoms with Gasteiger partial charge in [-0.3, -0.25) is 0 Å². The van der Waals surface area contributed by atoms with Gasteiger partial charge >= 0.3 is 0 Å². The number of thiophene rings is 1. The summed E-state index contributed by atoms with van der Waals surface area (Å²) >= 11 is 1.86. The Balaban J connectivity index is 2.79. The third kappa shape index (κ3) is 3.58. The zero-order valence-corrected chi connectivity index (χ0v) is 11.6. The van der Waals surface area contributed by atoms with E-state index in [9.17, 15) is 0 Å². The minimum Gasteiger partial charge on any atom is -0.377 e. The molecule has 0 saturated carbocycles. The molecule has 0 aliphatic rings. The summed E-state index contributed by atoms with van der Waals surface area (Å²) in [5.41, 5.74) is 0. The lowest BCUT2D eigenvalue weighted by Crippen LogP contribution is -2.33. The van der Waals surface area contributed by atoms with Crippen molar-refractivity contribution in [3.8, 4) is 0 Å². The van der Waals surface area contributed by atoms with Crippen molar-refractivity contribution in [2.45, 2.75) is 46.3 Å². The maximum Gasteiger partial charge on any atom is 0.0774 e. The molecular weight excluding hydrogens is 218 g/mol. The van der Waals surface area contributed by atoms with E-state index in [1.807, 2.05) is 11.3 Å². The van der Waals surface area contributed by atoms with E-state index in [0.29, 0.717) is 6.04 Å². The van der Waals surface area contributed by atoms with Gasteiger partial charge in [-0.2, -0.15) is 0 Å². The fourth-order valence-corrected chi connectivity index (χ4v) is 2.93. The number of ether oxygens (including phenoxy) is 1. The van der Waals surface area contributed by atoms with Crippen molar-refractivity contribution in [3.05, 3.63) is 21.9 Å². The first kappa shape index (κ1) is 13.7. The quantitative estimate of drug-likeness (QED) is 0.788. The van der Waals surface area contributed by atoms with Crippen LogP contribution in [-0.2, 0) is 4.74 Å². The molecule has 0 saturated heterocycles. The van der Waals surface area contributed by atoms with Crippen molar-refractivity contribution >= 4 is 11.3 Å². The van der Waals surface area contributed by atoms with Gasteiger partial charge in [-0.05, 0) is 38.9 Å². The number of aryl methyl sites for hydroxylation is 1. The summed E-state index contributed by atoms with van der Waals surface area (Å²) in [6.07, 6.45) is 1.32. The summed E-state index contributed by atoms with van der Waals surface area (Å²) in [6, 6.07) is 4.74. The molecule has 1 aromatic heterocycles. The summed E-state index contributed by atoms with van der Waals surface area (Å²) in [4.78, 5) is 2.75. The number of likely N-dealkylation sites (N-methyl/N-ethyl adjacent to an activating group) is 1. The molecule has 0 radical (unpaired) electrons. The lowest BCUT2D eigenvalue weighted by molar-refractivity contribution is 0.0327. The van der Waals surface area contributed by atoms with Crippen LogP contribution in [0, 0.1) is 6.92 Å².